The lowest BCUT2D eigenvalue weighted by atomic mass is 9.81. The lowest BCUT2D eigenvalue weighted by Crippen LogP contribution is -2.34. The van der Waals surface area contributed by atoms with E-state index < -0.39 is 12.0 Å². The molecule has 2 rings (SSSR count). The number of aliphatic hydroxyl groups is 2. The molecule has 1 saturated carbocycles. The second kappa shape index (κ2) is 4.78. The Balaban J connectivity index is 2.36. The summed E-state index contributed by atoms with van der Waals surface area (Å²) in [7, 11) is 0. The summed E-state index contributed by atoms with van der Waals surface area (Å²) in [6.45, 7) is 6.44. The zero-order valence-electron chi connectivity index (χ0n) is 11.5. The molecule has 3 heteroatoms. The predicted octanol–water partition coefficient (Wildman–Crippen LogP) is 1.78. The summed E-state index contributed by atoms with van der Waals surface area (Å²) >= 11 is 0. The first-order valence-corrected chi connectivity index (χ1v) is 6.85. The van der Waals surface area contributed by atoms with Crippen LogP contribution in [0.25, 0.3) is 0 Å². The average Bonchev–Trinajstić information content (AvgIpc) is 2.60. The van der Waals surface area contributed by atoms with Crippen molar-refractivity contribution < 1.29 is 15.0 Å². The van der Waals surface area contributed by atoms with Crippen molar-refractivity contribution in [3.8, 4) is 0 Å². The number of aliphatic hydroxyl groups excluding tert-OH is 2. The first-order valence-electron chi connectivity index (χ1n) is 6.85. The minimum atomic E-state index is -0.594. The molecule has 0 unspecified atom stereocenters. The van der Waals surface area contributed by atoms with E-state index in [9.17, 15) is 15.0 Å². The Morgan fingerprint density at radius 1 is 1.39 bits per heavy atom. The van der Waals surface area contributed by atoms with Gasteiger partial charge in [0.1, 0.15) is 6.29 Å². The molecule has 0 spiro atoms. The molecule has 0 aromatic carbocycles. The Bertz CT molecular complexity index is 359. The van der Waals surface area contributed by atoms with Gasteiger partial charge in [-0.3, -0.25) is 4.79 Å². The molecule has 0 aromatic rings. The molecule has 102 valence electrons. The fourth-order valence-corrected chi connectivity index (χ4v) is 4.00. The van der Waals surface area contributed by atoms with Crippen LogP contribution in [-0.4, -0.2) is 29.2 Å². The first-order chi connectivity index (χ1) is 8.39. The molecule has 5 atom stereocenters. The van der Waals surface area contributed by atoms with E-state index in [1.165, 1.54) is 0 Å². The number of hydrogen-bond donors (Lipinski definition) is 2. The van der Waals surface area contributed by atoms with Crippen molar-refractivity contribution in [1.82, 2.24) is 0 Å². The van der Waals surface area contributed by atoms with E-state index in [0.29, 0.717) is 17.4 Å². The summed E-state index contributed by atoms with van der Waals surface area (Å²) in [5, 5.41) is 20.0. The predicted molar refractivity (Wildman–Crippen MR) is 69.9 cm³/mol. The van der Waals surface area contributed by atoms with Crippen molar-refractivity contribution in [2.24, 2.45) is 29.1 Å². The van der Waals surface area contributed by atoms with Crippen LogP contribution < -0.4 is 0 Å². The van der Waals surface area contributed by atoms with E-state index >= 15 is 0 Å². The van der Waals surface area contributed by atoms with Crippen LogP contribution in [0.4, 0.5) is 0 Å². The molecule has 1 fully saturated rings. The van der Waals surface area contributed by atoms with Crippen LogP contribution in [0.1, 0.15) is 33.6 Å². The van der Waals surface area contributed by atoms with Crippen LogP contribution in [0.2, 0.25) is 0 Å². The smallest absolute Gasteiger partial charge is 0.146 e. The minimum Gasteiger partial charge on any atom is -0.396 e. The van der Waals surface area contributed by atoms with Crippen molar-refractivity contribution in [1.29, 1.82) is 0 Å². The summed E-state index contributed by atoms with van der Waals surface area (Å²) in [6.07, 6.45) is 4.22. The van der Waals surface area contributed by atoms with Crippen LogP contribution in [0, 0.1) is 29.1 Å². The van der Waals surface area contributed by atoms with Gasteiger partial charge in [-0.25, -0.2) is 0 Å². The second-order valence-electron chi connectivity index (χ2n) is 6.82. The third kappa shape index (κ3) is 2.26. The maximum atomic E-state index is 11.1. The molecule has 0 heterocycles. The number of carbonyl (C=O) groups is 1. The van der Waals surface area contributed by atoms with E-state index in [2.05, 4.69) is 20.8 Å². The van der Waals surface area contributed by atoms with Gasteiger partial charge >= 0.3 is 0 Å². The zero-order valence-corrected chi connectivity index (χ0v) is 11.5. The third-order valence-corrected chi connectivity index (χ3v) is 4.87. The van der Waals surface area contributed by atoms with E-state index in [0.717, 1.165) is 19.1 Å². The van der Waals surface area contributed by atoms with Crippen LogP contribution >= 0.6 is 0 Å². The van der Waals surface area contributed by atoms with Gasteiger partial charge < -0.3 is 10.2 Å². The highest BCUT2D eigenvalue weighted by molar-refractivity contribution is 5.74. The van der Waals surface area contributed by atoms with Gasteiger partial charge in [0.05, 0.1) is 12.7 Å². The number of fused-ring (bicyclic) bond motifs is 1. The van der Waals surface area contributed by atoms with Gasteiger partial charge in [0.15, 0.2) is 0 Å². The van der Waals surface area contributed by atoms with Crippen molar-refractivity contribution in [2.45, 2.75) is 39.7 Å². The maximum absolute atomic E-state index is 11.1. The number of rotatable bonds is 2. The fraction of sp³-hybridized carbons (Fsp3) is 0.800. The van der Waals surface area contributed by atoms with E-state index in [-0.39, 0.29) is 17.9 Å². The van der Waals surface area contributed by atoms with Gasteiger partial charge in [-0.2, -0.15) is 0 Å². The van der Waals surface area contributed by atoms with Gasteiger partial charge in [-0.05, 0) is 41.6 Å². The molecule has 3 nitrogen and oxygen atoms in total. The highest BCUT2D eigenvalue weighted by atomic mass is 16.3. The van der Waals surface area contributed by atoms with Crippen LogP contribution in [0.15, 0.2) is 11.6 Å². The van der Waals surface area contributed by atoms with E-state index in [1.54, 1.807) is 0 Å². The summed E-state index contributed by atoms with van der Waals surface area (Å²) in [5.74, 6) is 0.499. The average molecular weight is 252 g/mol. The number of aldehydes is 1. The molecule has 0 amide bonds. The Kier molecular flexibility index (Phi) is 3.65. The van der Waals surface area contributed by atoms with Gasteiger partial charge in [0.25, 0.3) is 0 Å². The largest absolute Gasteiger partial charge is 0.396 e. The highest BCUT2D eigenvalue weighted by Gasteiger charge is 2.48. The lowest BCUT2D eigenvalue weighted by molar-refractivity contribution is -0.106. The highest BCUT2D eigenvalue weighted by Crippen LogP contribution is 2.52. The van der Waals surface area contributed by atoms with Gasteiger partial charge in [-0.15, -0.1) is 0 Å². The molecule has 18 heavy (non-hydrogen) atoms. The number of carbonyl (C=O) groups excluding carboxylic acids is 1. The SMILES string of the molecule is C[C@H]1C=C(C=O)[C@H](CO)[C@@H](O)[C@@H]2CC(C)(C)C[C@@H]21. The van der Waals surface area contributed by atoms with Crippen LogP contribution in [0.3, 0.4) is 0 Å². The summed E-state index contributed by atoms with van der Waals surface area (Å²) < 4.78 is 0. The summed E-state index contributed by atoms with van der Waals surface area (Å²) in [6, 6.07) is 0. The quantitative estimate of drug-likeness (QED) is 0.737. The molecule has 0 aliphatic heterocycles. The molecule has 2 aliphatic carbocycles. The van der Waals surface area contributed by atoms with Gasteiger partial charge in [-0.1, -0.05) is 26.8 Å². The molecule has 0 radical (unpaired) electrons. The molecule has 2 aliphatic rings. The topological polar surface area (TPSA) is 57.5 Å². The normalized spacial score (nSPS) is 42.9. The molecule has 0 bridgehead atoms. The molecule has 0 aromatic heterocycles. The molecular weight excluding hydrogens is 228 g/mol. The number of hydrogen-bond acceptors (Lipinski definition) is 3. The molecule has 2 N–H and O–H groups in total. The number of allylic oxidation sites excluding steroid dienone is 1. The zero-order chi connectivity index (χ0) is 13.5. The second-order valence-corrected chi connectivity index (χ2v) is 6.82. The third-order valence-electron chi connectivity index (χ3n) is 4.87. The minimum absolute atomic E-state index is 0.151. The molecule has 0 saturated heterocycles. The Morgan fingerprint density at radius 2 is 2.00 bits per heavy atom. The Morgan fingerprint density at radius 3 is 2.56 bits per heavy atom. The van der Waals surface area contributed by atoms with Crippen LogP contribution in [-0.2, 0) is 4.79 Å². The van der Waals surface area contributed by atoms with Crippen LogP contribution in [0.5, 0.6) is 0 Å². The van der Waals surface area contributed by atoms with Crippen molar-refractivity contribution in [2.75, 3.05) is 6.61 Å². The Hall–Kier alpha value is -0.670. The Labute approximate surface area is 109 Å². The van der Waals surface area contributed by atoms with Gasteiger partial charge in [0, 0.05) is 5.92 Å². The van der Waals surface area contributed by atoms with Crippen molar-refractivity contribution in [3.05, 3.63) is 11.6 Å². The van der Waals surface area contributed by atoms with Crippen molar-refractivity contribution >= 4 is 6.29 Å². The van der Waals surface area contributed by atoms with E-state index in [4.69, 9.17) is 0 Å². The maximum Gasteiger partial charge on any atom is 0.146 e. The molecular formula is C15H24O3. The standard InChI is InChI=1S/C15H24O3/c1-9-4-10(7-16)13(8-17)14(18)12-6-15(2,3)5-11(9)12/h4,7,9,11-14,17-18H,5-6,8H2,1-3H3/t9-,11+,12+,13-,14-/m0/s1. The van der Waals surface area contributed by atoms with E-state index in [1.807, 2.05) is 6.08 Å². The van der Waals surface area contributed by atoms with Crippen molar-refractivity contribution in [3.63, 3.8) is 0 Å². The summed E-state index contributed by atoms with van der Waals surface area (Å²) in [4.78, 5) is 11.1. The first kappa shape index (κ1) is 13.8. The fourth-order valence-electron chi connectivity index (χ4n) is 4.00. The monoisotopic (exact) mass is 252 g/mol. The lowest BCUT2D eigenvalue weighted by Gasteiger charge is -2.28. The summed E-state index contributed by atoms with van der Waals surface area (Å²) in [5.41, 5.74) is 0.821. The van der Waals surface area contributed by atoms with Gasteiger partial charge in [0.2, 0.25) is 0 Å².